The standard InChI is InChI=1S/C15H21F3N2O/c1-4-14(2,3)10-5-7-11(8-6-10)21-9-12(13(19)20)15(16,17)18/h5-8,12H,4,9H2,1-3H3,(H3,19,20). The Bertz CT molecular complexity index is 481. The number of nitrogens with two attached hydrogens (primary N) is 1. The van der Waals surface area contributed by atoms with Crippen molar-refractivity contribution in [1.29, 1.82) is 5.41 Å². The highest BCUT2D eigenvalue weighted by molar-refractivity contribution is 5.80. The van der Waals surface area contributed by atoms with Gasteiger partial charge < -0.3 is 10.5 Å². The van der Waals surface area contributed by atoms with Crippen LogP contribution in [0.3, 0.4) is 0 Å². The summed E-state index contributed by atoms with van der Waals surface area (Å²) < 4.78 is 43.0. The third kappa shape index (κ3) is 4.65. The van der Waals surface area contributed by atoms with Crippen LogP contribution in [0.15, 0.2) is 24.3 Å². The van der Waals surface area contributed by atoms with E-state index in [0.717, 1.165) is 12.0 Å². The summed E-state index contributed by atoms with van der Waals surface area (Å²) in [5.41, 5.74) is 6.07. The first-order valence-electron chi connectivity index (χ1n) is 6.72. The summed E-state index contributed by atoms with van der Waals surface area (Å²) in [5, 5.41) is 6.99. The van der Waals surface area contributed by atoms with Crippen LogP contribution in [0.4, 0.5) is 13.2 Å². The molecular formula is C15H21F3N2O. The van der Waals surface area contributed by atoms with Gasteiger partial charge in [-0.3, -0.25) is 5.41 Å². The second kappa shape index (κ2) is 6.37. The molecule has 6 heteroatoms. The Morgan fingerprint density at radius 3 is 2.14 bits per heavy atom. The van der Waals surface area contributed by atoms with Gasteiger partial charge in [0.05, 0.1) is 0 Å². The maximum absolute atomic E-state index is 12.6. The molecule has 1 aromatic carbocycles. The molecule has 0 amide bonds. The van der Waals surface area contributed by atoms with Crippen LogP contribution in [-0.4, -0.2) is 18.6 Å². The molecular weight excluding hydrogens is 281 g/mol. The van der Waals surface area contributed by atoms with E-state index in [4.69, 9.17) is 15.9 Å². The number of hydrogen-bond donors (Lipinski definition) is 2. The SMILES string of the molecule is CCC(C)(C)c1ccc(OCC(C(=N)N)C(F)(F)F)cc1. The van der Waals surface area contributed by atoms with Gasteiger partial charge in [0.1, 0.15) is 24.1 Å². The van der Waals surface area contributed by atoms with Crippen molar-refractivity contribution in [1.82, 2.24) is 0 Å². The molecule has 0 aliphatic heterocycles. The number of rotatable bonds is 6. The predicted molar refractivity (Wildman–Crippen MR) is 76.7 cm³/mol. The fraction of sp³-hybridized carbons (Fsp3) is 0.533. The minimum Gasteiger partial charge on any atom is -0.492 e. The number of nitrogens with one attached hydrogen (secondary N) is 1. The summed E-state index contributed by atoms with van der Waals surface area (Å²) in [7, 11) is 0. The first-order chi connectivity index (χ1) is 9.58. The van der Waals surface area contributed by atoms with E-state index < -0.39 is 24.5 Å². The fourth-order valence-corrected chi connectivity index (χ4v) is 1.75. The van der Waals surface area contributed by atoms with Crippen LogP contribution >= 0.6 is 0 Å². The number of benzene rings is 1. The van der Waals surface area contributed by atoms with Crippen LogP contribution in [0.5, 0.6) is 5.75 Å². The average molecular weight is 302 g/mol. The van der Waals surface area contributed by atoms with Crippen LogP contribution in [-0.2, 0) is 5.41 Å². The number of alkyl halides is 3. The topological polar surface area (TPSA) is 59.1 Å². The minimum atomic E-state index is -4.57. The van der Waals surface area contributed by atoms with Crippen LogP contribution in [0.2, 0.25) is 0 Å². The smallest absolute Gasteiger partial charge is 0.401 e. The molecule has 118 valence electrons. The Kier molecular flexibility index (Phi) is 5.25. The molecule has 0 fully saturated rings. The first-order valence-corrected chi connectivity index (χ1v) is 6.72. The minimum absolute atomic E-state index is 0.00637. The molecule has 0 aliphatic carbocycles. The molecule has 0 bridgehead atoms. The zero-order chi connectivity index (χ0) is 16.3. The van der Waals surface area contributed by atoms with E-state index >= 15 is 0 Å². The zero-order valence-electron chi connectivity index (χ0n) is 12.4. The summed E-state index contributed by atoms with van der Waals surface area (Å²) in [6.07, 6.45) is -3.62. The molecule has 0 saturated carbocycles. The van der Waals surface area contributed by atoms with E-state index in [2.05, 4.69) is 20.8 Å². The third-order valence-electron chi connectivity index (χ3n) is 3.71. The maximum atomic E-state index is 12.6. The van der Waals surface area contributed by atoms with Gasteiger partial charge in [0.2, 0.25) is 0 Å². The van der Waals surface area contributed by atoms with Gasteiger partial charge in [-0.25, -0.2) is 0 Å². The fourth-order valence-electron chi connectivity index (χ4n) is 1.75. The van der Waals surface area contributed by atoms with Crippen molar-refractivity contribution in [2.24, 2.45) is 11.7 Å². The molecule has 0 spiro atoms. The van der Waals surface area contributed by atoms with Gasteiger partial charge in [-0.1, -0.05) is 32.9 Å². The molecule has 0 aromatic heterocycles. The van der Waals surface area contributed by atoms with Crippen molar-refractivity contribution >= 4 is 5.84 Å². The first kappa shape index (κ1) is 17.3. The van der Waals surface area contributed by atoms with E-state index in [1.165, 1.54) is 0 Å². The lowest BCUT2D eigenvalue weighted by Crippen LogP contribution is -2.39. The Hall–Kier alpha value is -1.72. The summed E-state index contributed by atoms with van der Waals surface area (Å²) in [6.45, 7) is 5.58. The summed E-state index contributed by atoms with van der Waals surface area (Å²) in [4.78, 5) is 0. The lowest BCUT2D eigenvalue weighted by Gasteiger charge is -2.24. The van der Waals surface area contributed by atoms with Crippen LogP contribution < -0.4 is 10.5 Å². The molecule has 21 heavy (non-hydrogen) atoms. The van der Waals surface area contributed by atoms with Crippen molar-refractivity contribution in [3.8, 4) is 5.75 Å². The zero-order valence-corrected chi connectivity index (χ0v) is 12.4. The summed E-state index contributed by atoms with van der Waals surface area (Å²) in [6, 6.07) is 6.96. The van der Waals surface area contributed by atoms with Gasteiger partial charge in [-0.2, -0.15) is 13.2 Å². The highest BCUT2D eigenvalue weighted by atomic mass is 19.4. The molecule has 3 nitrogen and oxygen atoms in total. The van der Waals surface area contributed by atoms with Gasteiger partial charge in [0.15, 0.2) is 0 Å². The molecule has 0 heterocycles. The van der Waals surface area contributed by atoms with Crippen LogP contribution in [0.25, 0.3) is 0 Å². The predicted octanol–water partition coefficient (Wildman–Crippen LogP) is 3.87. The van der Waals surface area contributed by atoms with Crippen molar-refractivity contribution < 1.29 is 17.9 Å². The summed E-state index contributed by atoms with van der Waals surface area (Å²) in [5.74, 6) is -2.68. The largest absolute Gasteiger partial charge is 0.492 e. The molecule has 0 aliphatic rings. The highest BCUT2D eigenvalue weighted by Gasteiger charge is 2.42. The van der Waals surface area contributed by atoms with Crippen molar-refractivity contribution in [3.05, 3.63) is 29.8 Å². The monoisotopic (exact) mass is 302 g/mol. The second-order valence-corrected chi connectivity index (χ2v) is 5.62. The van der Waals surface area contributed by atoms with Gasteiger partial charge in [-0.15, -0.1) is 0 Å². The third-order valence-corrected chi connectivity index (χ3v) is 3.71. The Morgan fingerprint density at radius 2 is 1.76 bits per heavy atom. The van der Waals surface area contributed by atoms with Gasteiger partial charge in [0.25, 0.3) is 0 Å². The van der Waals surface area contributed by atoms with E-state index in [9.17, 15) is 13.2 Å². The Balaban J connectivity index is 2.75. The van der Waals surface area contributed by atoms with Crippen molar-refractivity contribution in [2.75, 3.05) is 6.61 Å². The van der Waals surface area contributed by atoms with E-state index in [1.807, 2.05) is 12.1 Å². The highest BCUT2D eigenvalue weighted by Crippen LogP contribution is 2.29. The quantitative estimate of drug-likeness (QED) is 0.619. The number of hydrogen-bond acceptors (Lipinski definition) is 2. The molecule has 0 radical (unpaired) electrons. The number of ether oxygens (including phenoxy) is 1. The molecule has 3 N–H and O–H groups in total. The van der Waals surface area contributed by atoms with Gasteiger partial charge in [-0.05, 0) is 29.5 Å². The van der Waals surface area contributed by atoms with Crippen molar-refractivity contribution in [2.45, 2.75) is 38.8 Å². The number of halogens is 3. The molecule has 1 rings (SSSR count). The molecule has 1 aromatic rings. The van der Waals surface area contributed by atoms with E-state index in [0.29, 0.717) is 5.75 Å². The number of amidine groups is 1. The van der Waals surface area contributed by atoms with E-state index in [-0.39, 0.29) is 5.41 Å². The van der Waals surface area contributed by atoms with Crippen LogP contribution in [0, 0.1) is 11.3 Å². The maximum Gasteiger partial charge on any atom is 0.401 e. The lowest BCUT2D eigenvalue weighted by molar-refractivity contribution is -0.162. The molecule has 0 saturated heterocycles. The lowest BCUT2D eigenvalue weighted by atomic mass is 9.82. The van der Waals surface area contributed by atoms with E-state index in [1.54, 1.807) is 12.1 Å². The van der Waals surface area contributed by atoms with Gasteiger partial charge in [0, 0.05) is 0 Å². The van der Waals surface area contributed by atoms with Crippen molar-refractivity contribution in [3.63, 3.8) is 0 Å². The Morgan fingerprint density at radius 1 is 1.24 bits per heavy atom. The second-order valence-electron chi connectivity index (χ2n) is 5.62. The normalized spacial score (nSPS) is 13.8. The average Bonchev–Trinajstić information content (AvgIpc) is 2.37. The summed E-state index contributed by atoms with van der Waals surface area (Å²) >= 11 is 0. The Labute approximate surface area is 122 Å². The molecule has 1 unspecified atom stereocenters. The van der Waals surface area contributed by atoms with Gasteiger partial charge >= 0.3 is 6.18 Å². The van der Waals surface area contributed by atoms with Crippen LogP contribution in [0.1, 0.15) is 32.8 Å². The molecule has 1 atom stereocenters.